The van der Waals surface area contributed by atoms with Crippen LogP contribution in [0.25, 0.3) is 0 Å². The molecule has 2 rings (SSSR count). The number of benzene rings is 1. The van der Waals surface area contributed by atoms with Crippen LogP contribution >= 0.6 is 24.0 Å². The van der Waals surface area contributed by atoms with Crippen molar-refractivity contribution in [3.8, 4) is 11.5 Å². The summed E-state index contributed by atoms with van der Waals surface area (Å²) in [6, 6.07) is 6.88. The first kappa shape index (κ1) is 23.9. The molecule has 0 fully saturated rings. The van der Waals surface area contributed by atoms with Crippen molar-refractivity contribution < 1.29 is 18.3 Å². The summed E-state index contributed by atoms with van der Waals surface area (Å²) in [4.78, 5) is 4.46. The number of alkyl halides is 2. The lowest BCUT2D eigenvalue weighted by Crippen LogP contribution is -2.38. The quantitative estimate of drug-likeness (QED) is 0.293. The number of ether oxygens (including phenoxy) is 2. The standard InChI is InChI=1S/C18H25F2N5O2.HI/c1-3-21-18(22-10-12-25-11-6-9-24-25)23-13-14-7-5-8-15(26-4-2)16(14)27-17(19)20;/h5-9,11,17H,3-4,10,12-13H2,1-2H3,(H2,21,22,23);1H. The Morgan fingerprint density at radius 2 is 2.07 bits per heavy atom. The van der Waals surface area contributed by atoms with Crippen molar-refractivity contribution in [1.82, 2.24) is 20.4 Å². The Labute approximate surface area is 180 Å². The van der Waals surface area contributed by atoms with E-state index in [1.807, 2.05) is 19.2 Å². The molecule has 0 spiro atoms. The van der Waals surface area contributed by atoms with Gasteiger partial charge in [-0.2, -0.15) is 13.9 Å². The predicted octanol–water partition coefficient (Wildman–Crippen LogP) is 3.26. The van der Waals surface area contributed by atoms with Gasteiger partial charge in [-0.25, -0.2) is 4.99 Å². The molecule has 7 nitrogen and oxygen atoms in total. The van der Waals surface area contributed by atoms with Crippen LogP contribution < -0.4 is 20.1 Å². The number of aromatic nitrogens is 2. The van der Waals surface area contributed by atoms with Crippen LogP contribution in [0.5, 0.6) is 11.5 Å². The summed E-state index contributed by atoms with van der Waals surface area (Å²) >= 11 is 0. The minimum Gasteiger partial charge on any atom is -0.490 e. The number of aliphatic imine (C=N–C) groups is 1. The summed E-state index contributed by atoms with van der Waals surface area (Å²) in [6.45, 7) is 3.28. The maximum Gasteiger partial charge on any atom is 0.387 e. The molecule has 2 aromatic rings. The van der Waals surface area contributed by atoms with Crippen molar-refractivity contribution in [3.63, 3.8) is 0 Å². The van der Waals surface area contributed by atoms with Gasteiger partial charge in [-0.3, -0.25) is 4.68 Å². The maximum atomic E-state index is 12.8. The van der Waals surface area contributed by atoms with E-state index in [0.29, 0.717) is 37.8 Å². The largest absolute Gasteiger partial charge is 0.490 e. The highest BCUT2D eigenvalue weighted by Gasteiger charge is 2.15. The first-order valence-corrected chi connectivity index (χ1v) is 8.83. The molecule has 0 unspecified atom stereocenters. The third-order valence-corrected chi connectivity index (χ3v) is 3.51. The molecule has 156 valence electrons. The number of hydrogen-bond donors (Lipinski definition) is 2. The Bertz CT molecular complexity index is 714. The van der Waals surface area contributed by atoms with Crippen LogP contribution in [0.1, 0.15) is 19.4 Å². The van der Waals surface area contributed by atoms with Crippen molar-refractivity contribution in [2.75, 3.05) is 19.7 Å². The maximum absolute atomic E-state index is 12.8. The molecule has 2 N–H and O–H groups in total. The summed E-state index contributed by atoms with van der Waals surface area (Å²) in [7, 11) is 0. The highest BCUT2D eigenvalue weighted by Crippen LogP contribution is 2.33. The van der Waals surface area contributed by atoms with Crippen molar-refractivity contribution >= 4 is 29.9 Å². The van der Waals surface area contributed by atoms with Crippen LogP contribution in [0.3, 0.4) is 0 Å². The summed E-state index contributed by atoms with van der Waals surface area (Å²) in [5, 5.41) is 10.4. The molecule has 0 atom stereocenters. The smallest absolute Gasteiger partial charge is 0.387 e. The lowest BCUT2D eigenvalue weighted by molar-refractivity contribution is -0.0520. The second-order valence-corrected chi connectivity index (χ2v) is 5.45. The van der Waals surface area contributed by atoms with Crippen LogP contribution in [-0.4, -0.2) is 42.0 Å². The van der Waals surface area contributed by atoms with Crippen LogP contribution in [0.4, 0.5) is 8.78 Å². The highest BCUT2D eigenvalue weighted by atomic mass is 127. The molecule has 0 amide bonds. The van der Waals surface area contributed by atoms with Gasteiger partial charge in [0.15, 0.2) is 17.5 Å². The first-order chi connectivity index (χ1) is 13.1. The minimum atomic E-state index is -2.94. The number of halogens is 3. The van der Waals surface area contributed by atoms with Gasteiger partial charge in [0.2, 0.25) is 0 Å². The summed E-state index contributed by atoms with van der Waals surface area (Å²) in [5.41, 5.74) is 0.519. The van der Waals surface area contributed by atoms with E-state index < -0.39 is 6.61 Å². The van der Waals surface area contributed by atoms with Gasteiger partial charge in [0.05, 0.1) is 19.7 Å². The molecule has 0 saturated carbocycles. The van der Waals surface area contributed by atoms with Gasteiger partial charge in [-0.1, -0.05) is 12.1 Å². The Morgan fingerprint density at radius 3 is 2.71 bits per heavy atom. The lowest BCUT2D eigenvalue weighted by Gasteiger charge is -2.15. The molecule has 1 heterocycles. The van der Waals surface area contributed by atoms with Crippen molar-refractivity contribution in [2.45, 2.75) is 33.5 Å². The third kappa shape index (κ3) is 7.87. The van der Waals surface area contributed by atoms with Crippen LogP contribution in [-0.2, 0) is 13.1 Å². The molecule has 28 heavy (non-hydrogen) atoms. The average molecular weight is 509 g/mol. The van der Waals surface area contributed by atoms with Gasteiger partial charge in [0.25, 0.3) is 0 Å². The molecular weight excluding hydrogens is 483 g/mol. The van der Waals surface area contributed by atoms with Crippen molar-refractivity contribution in [3.05, 3.63) is 42.2 Å². The van der Waals surface area contributed by atoms with Crippen molar-refractivity contribution in [2.24, 2.45) is 4.99 Å². The van der Waals surface area contributed by atoms with Crippen LogP contribution in [0, 0.1) is 0 Å². The van der Waals surface area contributed by atoms with E-state index in [9.17, 15) is 8.78 Å². The molecular formula is C18H26F2IN5O2. The number of rotatable bonds is 10. The van der Waals surface area contributed by atoms with Gasteiger partial charge in [-0.05, 0) is 26.0 Å². The van der Waals surface area contributed by atoms with Gasteiger partial charge < -0.3 is 20.1 Å². The second-order valence-electron chi connectivity index (χ2n) is 5.45. The fourth-order valence-corrected chi connectivity index (χ4v) is 2.41. The van der Waals surface area contributed by atoms with Crippen molar-refractivity contribution in [1.29, 1.82) is 0 Å². The van der Waals surface area contributed by atoms with E-state index >= 15 is 0 Å². The Hall–Kier alpha value is -2.11. The normalized spacial score (nSPS) is 11.1. The molecule has 0 bridgehead atoms. The molecule has 0 saturated heterocycles. The monoisotopic (exact) mass is 509 g/mol. The summed E-state index contributed by atoms with van der Waals surface area (Å²) in [5.74, 6) is 0.877. The van der Waals surface area contributed by atoms with E-state index in [0.717, 1.165) is 0 Å². The topological polar surface area (TPSA) is 72.7 Å². The minimum absolute atomic E-state index is 0. The van der Waals surface area contributed by atoms with E-state index in [2.05, 4.69) is 25.5 Å². The molecule has 10 heteroatoms. The first-order valence-electron chi connectivity index (χ1n) is 8.83. The molecule has 0 aliphatic carbocycles. The SMILES string of the molecule is CCNC(=NCc1cccc(OCC)c1OC(F)F)NCCn1cccn1.I. The van der Waals surface area contributed by atoms with Gasteiger partial charge in [-0.15, -0.1) is 24.0 Å². The zero-order valence-electron chi connectivity index (χ0n) is 15.9. The van der Waals surface area contributed by atoms with Crippen LogP contribution in [0.15, 0.2) is 41.7 Å². The zero-order valence-corrected chi connectivity index (χ0v) is 18.2. The van der Waals surface area contributed by atoms with E-state index in [4.69, 9.17) is 4.74 Å². The van der Waals surface area contributed by atoms with Gasteiger partial charge >= 0.3 is 6.61 Å². The fourth-order valence-electron chi connectivity index (χ4n) is 2.41. The van der Waals surface area contributed by atoms with E-state index in [1.54, 1.807) is 36.0 Å². The second kappa shape index (κ2) is 13.1. The van der Waals surface area contributed by atoms with Crippen LogP contribution in [0.2, 0.25) is 0 Å². The van der Waals surface area contributed by atoms with Gasteiger partial charge in [0.1, 0.15) is 0 Å². The number of nitrogens with one attached hydrogen (secondary N) is 2. The number of guanidine groups is 1. The number of hydrogen-bond acceptors (Lipinski definition) is 4. The molecule has 1 aromatic carbocycles. The Balaban J connectivity index is 0.00000392. The zero-order chi connectivity index (χ0) is 19.5. The third-order valence-electron chi connectivity index (χ3n) is 3.51. The number of para-hydroxylation sites is 1. The molecule has 1 aromatic heterocycles. The average Bonchev–Trinajstić information content (AvgIpc) is 3.15. The van der Waals surface area contributed by atoms with E-state index in [-0.39, 0.29) is 42.0 Å². The fraction of sp³-hybridized carbons (Fsp3) is 0.444. The lowest BCUT2D eigenvalue weighted by atomic mass is 10.2. The molecule has 0 aliphatic heterocycles. The predicted molar refractivity (Wildman–Crippen MR) is 115 cm³/mol. The van der Waals surface area contributed by atoms with E-state index in [1.165, 1.54) is 0 Å². The highest BCUT2D eigenvalue weighted by molar-refractivity contribution is 14.0. The molecule has 0 aliphatic rings. The van der Waals surface area contributed by atoms with Gasteiger partial charge in [0, 0.05) is 31.0 Å². The summed E-state index contributed by atoms with van der Waals surface area (Å²) in [6.07, 6.45) is 3.59. The Kier molecular flexibility index (Phi) is 11.2. The number of nitrogens with zero attached hydrogens (tertiary/aromatic N) is 3. The Morgan fingerprint density at radius 1 is 1.25 bits per heavy atom. The molecule has 0 radical (unpaired) electrons. The summed E-state index contributed by atoms with van der Waals surface area (Å²) < 4.78 is 37.5.